The summed E-state index contributed by atoms with van der Waals surface area (Å²) in [5, 5.41) is 6.48. The number of carbonyl (C=O) groups excluding carboxylic acids is 1. The summed E-state index contributed by atoms with van der Waals surface area (Å²) in [5.41, 5.74) is 2.02. The number of hydrogen-bond donors (Lipinski definition) is 2. The Balaban J connectivity index is 2.28. The predicted octanol–water partition coefficient (Wildman–Crippen LogP) is 3.99. The number of carbonyl (C=O) groups is 1. The van der Waals surface area contributed by atoms with Gasteiger partial charge in [0.25, 0.3) is 5.91 Å². The molecule has 0 fully saturated rings. The Morgan fingerprint density at radius 3 is 2.65 bits per heavy atom. The van der Waals surface area contributed by atoms with Crippen LogP contribution in [0, 0.1) is 6.92 Å². The third-order valence-corrected chi connectivity index (χ3v) is 3.19. The van der Waals surface area contributed by atoms with Crippen molar-refractivity contribution in [3.8, 4) is 0 Å². The molecule has 1 heterocycles. The largest absolute Gasteiger partial charge is 0.373 e. The van der Waals surface area contributed by atoms with Crippen LogP contribution in [-0.2, 0) is 0 Å². The summed E-state index contributed by atoms with van der Waals surface area (Å²) in [5.74, 6) is 0.265. The van der Waals surface area contributed by atoms with E-state index in [1.807, 2.05) is 13.0 Å². The van der Waals surface area contributed by atoms with Crippen molar-refractivity contribution >= 4 is 40.6 Å². The van der Waals surface area contributed by atoms with Gasteiger partial charge in [0.1, 0.15) is 11.0 Å². The standard InChI is InChI=1S/C14H13Cl2N3O/c1-8-3-4-10(15)7-11(8)18-14(20)9-5-12(16)19-13(6-9)17-2/h3-7H,1-2H3,(H,17,19)(H,18,20). The lowest BCUT2D eigenvalue weighted by Gasteiger charge is -2.10. The Labute approximate surface area is 127 Å². The molecule has 20 heavy (non-hydrogen) atoms. The molecule has 2 N–H and O–H groups in total. The zero-order valence-corrected chi connectivity index (χ0v) is 12.5. The first kappa shape index (κ1) is 14.6. The van der Waals surface area contributed by atoms with Gasteiger partial charge in [0, 0.05) is 23.3 Å². The van der Waals surface area contributed by atoms with Crippen LogP contribution in [0.25, 0.3) is 0 Å². The van der Waals surface area contributed by atoms with Crippen molar-refractivity contribution in [3.63, 3.8) is 0 Å². The first-order chi connectivity index (χ1) is 9.49. The molecular weight excluding hydrogens is 297 g/mol. The van der Waals surface area contributed by atoms with Crippen molar-refractivity contribution in [1.29, 1.82) is 0 Å². The van der Waals surface area contributed by atoms with Crippen LogP contribution in [0.2, 0.25) is 10.2 Å². The molecule has 1 aromatic carbocycles. The number of amides is 1. The molecule has 0 saturated carbocycles. The van der Waals surface area contributed by atoms with Gasteiger partial charge in [-0.2, -0.15) is 0 Å². The third kappa shape index (κ3) is 3.40. The first-order valence-electron chi connectivity index (χ1n) is 5.92. The van der Waals surface area contributed by atoms with Gasteiger partial charge in [0.05, 0.1) is 0 Å². The summed E-state index contributed by atoms with van der Waals surface area (Å²) in [6.45, 7) is 1.89. The van der Waals surface area contributed by atoms with E-state index in [1.165, 1.54) is 6.07 Å². The van der Waals surface area contributed by atoms with Crippen LogP contribution in [0.15, 0.2) is 30.3 Å². The molecule has 6 heteroatoms. The molecule has 104 valence electrons. The highest BCUT2D eigenvalue weighted by Gasteiger charge is 2.11. The zero-order valence-electron chi connectivity index (χ0n) is 11.0. The maximum absolute atomic E-state index is 12.2. The Hall–Kier alpha value is -1.78. The van der Waals surface area contributed by atoms with Gasteiger partial charge >= 0.3 is 0 Å². The second kappa shape index (κ2) is 6.11. The van der Waals surface area contributed by atoms with E-state index in [2.05, 4.69) is 15.6 Å². The topological polar surface area (TPSA) is 54.0 Å². The van der Waals surface area contributed by atoms with E-state index >= 15 is 0 Å². The van der Waals surface area contributed by atoms with Crippen LogP contribution in [-0.4, -0.2) is 17.9 Å². The lowest BCUT2D eigenvalue weighted by molar-refractivity contribution is 0.102. The van der Waals surface area contributed by atoms with Crippen molar-refractivity contribution < 1.29 is 4.79 Å². The molecule has 0 aliphatic heterocycles. The van der Waals surface area contributed by atoms with Gasteiger partial charge < -0.3 is 10.6 Å². The molecule has 0 atom stereocenters. The number of benzene rings is 1. The average Bonchev–Trinajstić information content (AvgIpc) is 2.42. The Kier molecular flexibility index (Phi) is 4.47. The fourth-order valence-electron chi connectivity index (χ4n) is 1.68. The molecule has 2 rings (SSSR count). The van der Waals surface area contributed by atoms with Crippen LogP contribution < -0.4 is 10.6 Å². The monoisotopic (exact) mass is 309 g/mol. The summed E-state index contributed by atoms with van der Waals surface area (Å²) in [4.78, 5) is 16.3. The molecular formula is C14H13Cl2N3O. The Bertz CT molecular complexity index is 659. The quantitative estimate of drug-likeness (QED) is 0.843. The highest BCUT2D eigenvalue weighted by molar-refractivity contribution is 6.31. The lowest BCUT2D eigenvalue weighted by atomic mass is 10.2. The second-order valence-electron chi connectivity index (χ2n) is 4.23. The normalized spacial score (nSPS) is 10.2. The number of anilines is 2. The maximum Gasteiger partial charge on any atom is 0.255 e. The van der Waals surface area contributed by atoms with E-state index in [0.717, 1.165) is 5.56 Å². The number of halogens is 2. The molecule has 0 aliphatic carbocycles. The summed E-state index contributed by atoms with van der Waals surface area (Å²) in [6.07, 6.45) is 0. The minimum absolute atomic E-state index is 0.254. The first-order valence-corrected chi connectivity index (χ1v) is 6.68. The van der Waals surface area contributed by atoms with Crippen LogP contribution >= 0.6 is 23.2 Å². The molecule has 0 saturated heterocycles. The van der Waals surface area contributed by atoms with Gasteiger partial charge in [-0.25, -0.2) is 4.98 Å². The van der Waals surface area contributed by atoms with Crippen LogP contribution in [0.4, 0.5) is 11.5 Å². The zero-order chi connectivity index (χ0) is 14.7. The van der Waals surface area contributed by atoms with Gasteiger partial charge in [-0.3, -0.25) is 4.79 Å². The van der Waals surface area contributed by atoms with Gasteiger partial charge in [-0.15, -0.1) is 0 Å². The highest BCUT2D eigenvalue weighted by atomic mass is 35.5. The Morgan fingerprint density at radius 1 is 1.20 bits per heavy atom. The van der Waals surface area contributed by atoms with E-state index in [1.54, 1.807) is 25.2 Å². The van der Waals surface area contributed by atoms with Crippen molar-refractivity contribution in [2.24, 2.45) is 0 Å². The summed E-state index contributed by atoms with van der Waals surface area (Å²) in [6, 6.07) is 8.46. The number of rotatable bonds is 3. The number of hydrogen-bond acceptors (Lipinski definition) is 3. The maximum atomic E-state index is 12.2. The van der Waals surface area contributed by atoms with Gasteiger partial charge in [0.15, 0.2) is 0 Å². The van der Waals surface area contributed by atoms with Crippen molar-refractivity contribution in [1.82, 2.24) is 4.98 Å². The van der Waals surface area contributed by atoms with Crippen molar-refractivity contribution in [2.75, 3.05) is 17.7 Å². The van der Waals surface area contributed by atoms with Gasteiger partial charge in [-0.05, 0) is 36.8 Å². The second-order valence-corrected chi connectivity index (χ2v) is 5.05. The number of nitrogens with zero attached hydrogens (tertiary/aromatic N) is 1. The summed E-state index contributed by atoms with van der Waals surface area (Å²) >= 11 is 11.8. The lowest BCUT2D eigenvalue weighted by Crippen LogP contribution is -2.13. The van der Waals surface area contributed by atoms with Crippen LogP contribution in [0.5, 0.6) is 0 Å². The molecule has 4 nitrogen and oxygen atoms in total. The average molecular weight is 310 g/mol. The molecule has 0 bridgehead atoms. The molecule has 0 unspecified atom stereocenters. The third-order valence-electron chi connectivity index (χ3n) is 2.76. The molecule has 1 amide bonds. The molecule has 1 aromatic heterocycles. The molecule has 0 aliphatic rings. The van der Waals surface area contributed by atoms with E-state index in [0.29, 0.717) is 22.1 Å². The predicted molar refractivity (Wildman–Crippen MR) is 82.9 cm³/mol. The van der Waals surface area contributed by atoms with E-state index < -0.39 is 0 Å². The number of aryl methyl sites for hydroxylation is 1. The Morgan fingerprint density at radius 2 is 1.95 bits per heavy atom. The fraction of sp³-hybridized carbons (Fsp3) is 0.143. The van der Waals surface area contributed by atoms with Crippen molar-refractivity contribution in [2.45, 2.75) is 6.92 Å². The smallest absolute Gasteiger partial charge is 0.255 e. The van der Waals surface area contributed by atoms with Crippen LogP contribution in [0.3, 0.4) is 0 Å². The van der Waals surface area contributed by atoms with Gasteiger partial charge in [-0.1, -0.05) is 29.3 Å². The minimum atomic E-state index is -0.267. The SMILES string of the molecule is CNc1cc(C(=O)Nc2cc(Cl)ccc2C)cc(Cl)n1. The number of nitrogens with one attached hydrogen (secondary N) is 2. The minimum Gasteiger partial charge on any atom is -0.373 e. The fourth-order valence-corrected chi connectivity index (χ4v) is 2.06. The summed E-state index contributed by atoms with van der Waals surface area (Å²) < 4.78 is 0. The van der Waals surface area contributed by atoms with E-state index in [4.69, 9.17) is 23.2 Å². The number of pyridine rings is 1. The molecule has 0 radical (unpaired) electrons. The van der Waals surface area contributed by atoms with Crippen LogP contribution in [0.1, 0.15) is 15.9 Å². The highest BCUT2D eigenvalue weighted by Crippen LogP contribution is 2.22. The van der Waals surface area contributed by atoms with E-state index in [-0.39, 0.29) is 11.1 Å². The summed E-state index contributed by atoms with van der Waals surface area (Å²) in [7, 11) is 1.71. The number of aromatic nitrogens is 1. The van der Waals surface area contributed by atoms with Gasteiger partial charge in [0.2, 0.25) is 0 Å². The van der Waals surface area contributed by atoms with Crippen molar-refractivity contribution in [3.05, 3.63) is 51.6 Å². The van der Waals surface area contributed by atoms with E-state index in [9.17, 15) is 4.79 Å². The molecule has 0 spiro atoms. The molecule has 2 aromatic rings.